The highest BCUT2D eigenvalue weighted by atomic mass is 127. The topological polar surface area (TPSA) is 64.9 Å². The Morgan fingerprint density at radius 2 is 2.11 bits per heavy atom. The number of rotatable bonds is 2. The Bertz CT molecular complexity index is 598. The van der Waals surface area contributed by atoms with E-state index in [2.05, 4.69) is 32.7 Å². The second-order valence-electron chi connectivity index (χ2n) is 4.56. The van der Waals surface area contributed by atoms with Crippen LogP contribution >= 0.6 is 46.6 Å². The molecule has 3 rings (SSSR count). The second kappa shape index (κ2) is 5.55. The van der Waals surface area contributed by atoms with Crippen molar-refractivity contribution >= 4 is 46.6 Å². The Hall–Kier alpha value is -0.370. The van der Waals surface area contributed by atoms with Crippen molar-refractivity contribution in [2.75, 3.05) is 0 Å². The highest BCUT2D eigenvalue weighted by Gasteiger charge is 2.39. The zero-order valence-corrected chi connectivity index (χ0v) is 13.6. The molecule has 0 unspecified atom stereocenters. The largest absolute Gasteiger partial charge is 0.334 e. The minimum atomic E-state index is -0.405. The first-order valence-electron chi connectivity index (χ1n) is 5.67. The molecule has 1 heterocycles. The minimum Gasteiger partial charge on any atom is -0.334 e. The summed E-state index contributed by atoms with van der Waals surface area (Å²) in [5.41, 5.74) is 6.50. The van der Waals surface area contributed by atoms with Crippen LogP contribution < -0.4 is 5.73 Å². The van der Waals surface area contributed by atoms with Crippen LogP contribution in [-0.2, 0) is 5.54 Å². The first-order valence-corrected chi connectivity index (χ1v) is 7.13. The summed E-state index contributed by atoms with van der Waals surface area (Å²) < 4.78 is 6.33. The van der Waals surface area contributed by atoms with Gasteiger partial charge in [-0.25, -0.2) is 0 Å². The molecule has 1 aromatic heterocycles. The molecular weight excluding hydrogens is 400 g/mol. The lowest BCUT2D eigenvalue weighted by Gasteiger charge is -2.34. The molecule has 2 N–H and O–H groups in total. The third-order valence-corrected chi connectivity index (χ3v) is 4.26. The molecule has 0 amide bonds. The highest BCUT2D eigenvalue weighted by Crippen LogP contribution is 2.38. The van der Waals surface area contributed by atoms with Crippen molar-refractivity contribution < 1.29 is 4.52 Å². The van der Waals surface area contributed by atoms with E-state index in [9.17, 15) is 0 Å². The second-order valence-corrected chi connectivity index (χ2v) is 6.21. The van der Waals surface area contributed by atoms with E-state index in [1.54, 1.807) is 0 Å². The maximum absolute atomic E-state index is 6.17. The van der Waals surface area contributed by atoms with Gasteiger partial charge < -0.3 is 10.3 Å². The Balaban J connectivity index is 0.00000133. The Morgan fingerprint density at radius 3 is 2.68 bits per heavy atom. The zero-order chi connectivity index (χ0) is 12.8. The fourth-order valence-electron chi connectivity index (χ4n) is 1.98. The summed E-state index contributed by atoms with van der Waals surface area (Å²) in [7, 11) is 0. The summed E-state index contributed by atoms with van der Waals surface area (Å²) in [4.78, 5) is 4.38. The summed E-state index contributed by atoms with van der Waals surface area (Å²) in [6.07, 6.45) is 2.93. The lowest BCUT2D eigenvalue weighted by Crippen LogP contribution is -2.44. The first-order chi connectivity index (χ1) is 8.58. The molecule has 0 saturated heterocycles. The van der Waals surface area contributed by atoms with E-state index in [-0.39, 0.29) is 12.4 Å². The van der Waals surface area contributed by atoms with E-state index in [1.165, 1.54) is 0 Å². The average molecular weight is 412 g/mol. The van der Waals surface area contributed by atoms with Crippen molar-refractivity contribution in [3.63, 3.8) is 0 Å². The van der Waals surface area contributed by atoms with Crippen LogP contribution in [0.4, 0.5) is 0 Å². The zero-order valence-electron chi connectivity index (χ0n) is 9.90. The van der Waals surface area contributed by atoms with Gasteiger partial charge in [-0.1, -0.05) is 16.8 Å². The molecule has 0 aliphatic heterocycles. The fraction of sp³-hybridized carbons (Fsp3) is 0.333. The Labute approximate surface area is 135 Å². The molecule has 1 fully saturated rings. The molecule has 2 aromatic rings. The van der Waals surface area contributed by atoms with Crippen LogP contribution in [0.15, 0.2) is 22.7 Å². The molecule has 0 spiro atoms. The maximum atomic E-state index is 6.17. The predicted octanol–water partition coefficient (Wildman–Crippen LogP) is 3.75. The maximum Gasteiger partial charge on any atom is 0.259 e. The molecule has 0 radical (unpaired) electrons. The number of halogens is 3. The summed E-state index contributed by atoms with van der Waals surface area (Å²) in [6.45, 7) is 0. The van der Waals surface area contributed by atoms with Gasteiger partial charge in [0.25, 0.3) is 5.89 Å². The van der Waals surface area contributed by atoms with Crippen LogP contribution in [0.3, 0.4) is 0 Å². The van der Waals surface area contributed by atoms with E-state index >= 15 is 0 Å². The van der Waals surface area contributed by atoms with Crippen molar-refractivity contribution in [2.24, 2.45) is 5.73 Å². The van der Waals surface area contributed by atoms with Gasteiger partial charge >= 0.3 is 0 Å². The van der Waals surface area contributed by atoms with Gasteiger partial charge in [0.15, 0.2) is 5.82 Å². The summed E-state index contributed by atoms with van der Waals surface area (Å²) >= 11 is 8.38. The third-order valence-electron chi connectivity index (χ3n) is 3.28. The molecule has 0 atom stereocenters. The van der Waals surface area contributed by atoms with Gasteiger partial charge in [0.1, 0.15) is 0 Å². The molecule has 1 aliphatic rings. The number of nitrogens with zero attached hydrogens (tertiary/aromatic N) is 2. The SMILES string of the molecule is Cl.NC1(c2noc(-c3ccc(I)cc3Cl)n2)CCC1. The van der Waals surface area contributed by atoms with Crippen molar-refractivity contribution in [3.8, 4) is 11.5 Å². The van der Waals surface area contributed by atoms with Gasteiger partial charge in [-0.05, 0) is 60.1 Å². The van der Waals surface area contributed by atoms with E-state index in [0.29, 0.717) is 16.7 Å². The van der Waals surface area contributed by atoms with E-state index in [1.807, 2.05) is 18.2 Å². The van der Waals surface area contributed by atoms with Gasteiger partial charge in [-0.15, -0.1) is 12.4 Å². The van der Waals surface area contributed by atoms with Crippen molar-refractivity contribution in [1.29, 1.82) is 0 Å². The van der Waals surface area contributed by atoms with Gasteiger partial charge in [-0.2, -0.15) is 4.98 Å². The molecule has 1 saturated carbocycles. The van der Waals surface area contributed by atoms with E-state index in [0.717, 1.165) is 28.4 Å². The van der Waals surface area contributed by atoms with Crippen LogP contribution in [0.1, 0.15) is 25.1 Å². The van der Waals surface area contributed by atoms with Crippen LogP contribution in [0.5, 0.6) is 0 Å². The van der Waals surface area contributed by atoms with E-state index < -0.39 is 5.54 Å². The Kier molecular flexibility index (Phi) is 4.39. The molecule has 19 heavy (non-hydrogen) atoms. The van der Waals surface area contributed by atoms with Crippen LogP contribution in [0, 0.1) is 3.57 Å². The number of hydrogen-bond donors (Lipinski definition) is 1. The quantitative estimate of drug-likeness (QED) is 0.764. The molecule has 102 valence electrons. The standard InChI is InChI=1S/C12H11ClIN3O.ClH/c13-9-6-7(14)2-3-8(9)10-16-11(17-18-10)12(15)4-1-5-12;/h2-3,6H,1,4-5,15H2;1H. The number of aromatic nitrogens is 2. The predicted molar refractivity (Wildman–Crippen MR) is 84.4 cm³/mol. The third kappa shape index (κ3) is 2.74. The first kappa shape index (κ1) is 15.0. The molecular formula is C12H12Cl2IN3O. The molecule has 0 bridgehead atoms. The van der Waals surface area contributed by atoms with Crippen molar-refractivity contribution in [2.45, 2.75) is 24.8 Å². The van der Waals surface area contributed by atoms with Gasteiger partial charge in [-0.3, -0.25) is 0 Å². The van der Waals surface area contributed by atoms with Gasteiger partial charge in [0.2, 0.25) is 0 Å². The van der Waals surface area contributed by atoms with Crippen LogP contribution in [0.2, 0.25) is 5.02 Å². The fourth-order valence-corrected chi connectivity index (χ4v) is 2.92. The smallest absolute Gasteiger partial charge is 0.259 e. The number of benzene rings is 1. The lowest BCUT2D eigenvalue weighted by atomic mass is 9.77. The summed E-state index contributed by atoms with van der Waals surface area (Å²) in [5, 5.41) is 4.59. The van der Waals surface area contributed by atoms with Crippen LogP contribution in [0.25, 0.3) is 11.5 Å². The van der Waals surface area contributed by atoms with Crippen molar-refractivity contribution in [3.05, 3.63) is 32.6 Å². The molecule has 4 nitrogen and oxygen atoms in total. The van der Waals surface area contributed by atoms with Gasteiger partial charge in [0.05, 0.1) is 16.1 Å². The lowest BCUT2D eigenvalue weighted by molar-refractivity contribution is 0.229. The monoisotopic (exact) mass is 411 g/mol. The molecule has 7 heteroatoms. The normalized spacial score (nSPS) is 16.6. The highest BCUT2D eigenvalue weighted by molar-refractivity contribution is 14.1. The van der Waals surface area contributed by atoms with Crippen molar-refractivity contribution in [1.82, 2.24) is 10.1 Å². The summed E-state index contributed by atoms with van der Waals surface area (Å²) in [6, 6.07) is 5.70. The minimum absolute atomic E-state index is 0. The summed E-state index contributed by atoms with van der Waals surface area (Å²) in [5.74, 6) is 1.02. The van der Waals surface area contributed by atoms with Gasteiger partial charge in [0, 0.05) is 3.57 Å². The Morgan fingerprint density at radius 1 is 1.37 bits per heavy atom. The van der Waals surface area contributed by atoms with E-state index in [4.69, 9.17) is 21.9 Å². The van der Waals surface area contributed by atoms with Crippen LogP contribution in [-0.4, -0.2) is 10.1 Å². The molecule has 1 aliphatic carbocycles. The average Bonchev–Trinajstić information content (AvgIpc) is 2.75. The number of nitrogens with two attached hydrogens (primary N) is 1. The number of hydrogen-bond acceptors (Lipinski definition) is 4. The molecule has 1 aromatic carbocycles.